The summed E-state index contributed by atoms with van der Waals surface area (Å²) in [6, 6.07) is 0. The molecule has 1 N–H and O–H groups in total. The van der Waals surface area contributed by atoms with Crippen LogP contribution in [0.25, 0.3) is 0 Å². The van der Waals surface area contributed by atoms with Gasteiger partial charge in [-0.25, -0.2) is 0 Å². The highest BCUT2D eigenvalue weighted by molar-refractivity contribution is 5.75. The summed E-state index contributed by atoms with van der Waals surface area (Å²) in [5.74, 6) is -0.623. The quantitative estimate of drug-likeness (QED) is 0.467. The average Bonchev–Trinajstić information content (AvgIpc) is 2.36. The molecule has 0 spiro atoms. The summed E-state index contributed by atoms with van der Waals surface area (Å²) < 4.78 is 4.70. The van der Waals surface area contributed by atoms with Crippen LogP contribution in [0.3, 0.4) is 0 Å². The van der Waals surface area contributed by atoms with Crippen molar-refractivity contribution >= 4 is 5.97 Å². The molecule has 3 heteroatoms. The van der Waals surface area contributed by atoms with E-state index in [0.29, 0.717) is 13.0 Å². The van der Waals surface area contributed by atoms with E-state index in [1.807, 2.05) is 6.92 Å². The number of ether oxygens (including phenoxy) is 1. The number of hydrogen-bond acceptors (Lipinski definition) is 3. The number of carbonyl (C=O) groups excluding carboxylic acids is 1. The van der Waals surface area contributed by atoms with Crippen LogP contribution >= 0.6 is 0 Å². The Labute approximate surface area is 65.7 Å². The predicted octanol–water partition coefficient (Wildman–Crippen LogP) is 0.486. The van der Waals surface area contributed by atoms with Gasteiger partial charge in [0.1, 0.15) is 0 Å². The summed E-state index contributed by atoms with van der Waals surface area (Å²) in [5, 5.41) is 9.33. The van der Waals surface area contributed by atoms with E-state index in [1.54, 1.807) is 12.2 Å². The molecular weight excluding hydrogens is 144 g/mol. The highest BCUT2D eigenvalue weighted by Crippen LogP contribution is 2.18. The maximum atomic E-state index is 10.9. The molecule has 1 saturated heterocycles. The Bertz CT molecular complexity index is 174. The van der Waals surface area contributed by atoms with Crippen molar-refractivity contribution in [1.29, 1.82) is 0 Å². The van der Waals surface area contributed by atoms with Crippen LogP contribution in [-0.4, -0.2) is 23.8 Å². The Hall–Kier alpha value is -0.830. The molecule has 1 fully saturated rings. The van der Waals surface area contributed by atoms with Gasteiger partial charge in [-0.05, 0) is 13.3 Å². The summed E-state index contributed by atoms with van der Waals surface area (Å²) in [5.41, 5.74) is 0. The first-order valence-electron chi connectivity index (χ1n) is 3.73. The van der Waals surface area contributed by atoms with Crippen LogP contribution < -0.4 is 0 Å². The molecule has 2 atom stereocenters. The molecule has 0 saturated carbocycles. The first-order valence-corrected chi connectivity index (χ1v) is 3.73. The van der Waals surface area contributed by atoms with E-state index in [4.69, 9.17) is 4.74 Å². The van der Waals surface area contributed by atoms with Gasteiger partial charge in [0.15, 0.2) is 0 Å². The first-order chi connectivity index (χ1) is 5.25. The fraction of sp³-hybridized carbons (Fsp3) is 0.625. The summed E-state index contributed by atoms with van der Waals surface area (Å²) in [6.45, 7) is 2.25. The molecule has 1 aliphatic heterocycles. The van der Waals surface area contributed by atoms with Gasteiger partial charge in [0.2, 0.25) is 0 Å². The second kappa shape index (κ2) is 3.53. The number of carbonyl (C=O) groups is 1. The van der Waals surface area contributed by atoms with Crippen LogP contribution in [0.4, 0.5) is 0 Å². The normalized spacial score (nSPS) is 27.5. The van der Waals surface area contributed by atoms with E-state index >= 15 is 0 Å². The second-order valence-corrected chi connectivity index (χ2v) is 2.58. The van der Waals surface area contributed by atoms with Crippen LogP contribution in [0.1, 0.15) is 13.3 Å². The molecule has 0 bridgehead atoms. The smallest absolute Gasteiger partial charge is 0.312 e. The molecule has 1 heterocycles. The van der Waals surface area contributed by atoms with Gasteiger partial charge in [0, 0.05) is 0 Å². The number of allylic oxidation sites excluding steroid dienone is 1. The summed E-state index contributed by atoms with van der Waals surface area (Å²) in [7, 11) is 0. The Morgan fingerprint density at radius 2 is 2.55 bits per heavy atom. The third-order valence-electron chi connectivity index (χ3n) is 1.78. The van der Waals surface area contributed by atoms with E-state index in [-0.39, 0.29) is 11.9 Å². The summed E-state index contributed by atoms with van der Waals surface area (Å²) in [4.78, 5) is 10.9. The number of esters is 1. The molecule has 0 aromatic heterocycles. The molecule has 0 aromatic carbocycles. The Kier molecular flexibility index (Phi) is 2.65. The molecular formula is C8H12O3. The summed E-state index contributed by atoms with van der Waals surface area (Å²) >= 11 is 0. The number of rotatable bonds is 2. The maximum absolute atomic E-state index is 10.9. The molecule has 0 radical (unpaired) electrons. The van der Waals surface area contributed by atoms with Crippen molar-refractivity contribution in [2.24, 2.45) is 5.92 Å². The van der Waals surface area contributed by atoms with Gasteiger partial charge in [-0.2, -0.15) is 0 Å². The minimum atomic E-state index is -0.671. The van der Waals surface area contributed by atoms with Crippen molar-refractivity contribution in [1.82, 2.24) is 0 Å². The van der Waals surface area contributed by atoms with Crippen molar-refractivity contribution < 1.29 is 14.6 Å². The zero-order valence-corrected chi connectivity index (χ0v) is 6.49. The monoisotopic (exact) mass is 156 g/mol. The van der Waals surface area contributed by atoms with Crippen LogP contribution in [0.15, 0.2) is 12.2 Å². The van der Waals surface area contributed by atoms with Crippen molar-refractivity contribution in [3.05, 3.63) is 12.2 Å². The third kappa shape index (κ3) is 1.80. The van der Waals surface area contributed by atoms with Crippen molar-refractivity contribution in [2.45, 2.75) is 19.4 Å². The SMILES string of the molecule is C/C=C/[C@@H](O)[C@@H]1CCOC1=O. The zero-order chi connectivity index (χ0) is 8.27. The van der Waals surface area contributed by atoms with Gasteiger partial charge in [-0.1, -0.05) is 12.2 Å². The second-order valence-electron chi connectivity index (χ2n) is 2.58. The van der Waals surface area contributed by atoms with E-state index in [9.17, 15) is 9.90 Å². The Balaban J connectivity index is 2.52. The lowest BCUT2D eigenvalue weighted by Crippen LogP contribution is -2.22. The molecule has 1 aliphatic rings. The molecule has 11 heavy (non-hydrogen) atoms. The fourth-order valence-electron chi connectivity index (χ4n) is 1.15. The van der Waals surface area contributed by atoms with Gasteiger partial charge in [-0.15, -0.1) is 0 Å². The first kappa shape index (κ1) is 8.27. The van der Waals surface area contributed by atoms with Gasteiger partial charge in [0.05, 0.1) is 18.6 Å². The van der Waals surface area contributed by atoms with Crippen LogP contribution in [0.2, 0.25) is 0 Å². The molecule has 0 amide bonds. The molecule has 0 unspecified atom stereocenters. The molecule has 0 aromatic rings. The highest BCUT2D eigenvalue weighted by Gasteiger charge is 2.31. The lowest BCUT2D eigenvalue weighted by molar-refractivity contribution is -0.143. The van der Waals surface area contributed by atoms with Crippen LogP contribution in [-0.2, 0) is 9.53 Å². The molecule has 62 valence electrons. The van der Waals surface area contributed by atoms with Gasteiger partial charge in [0.25, 0.3) is 0 Å². The number of hydrogen-bond donors (Lipinski definition) is 1. The van der Waals surface area contributed by atoms with Crippen molar-refractivity contribution in [3.63, 3.8) is 0 Å². The predicted molar refractivity (Wildman–Crippen MR) is 39.9 cm³/mol. The van der Waals surface area contributed by atoms with Gasteiger partial charge >= 0.3 is 5.97 Å². The number of cyclic esters (lactones) is 1. The van der Waals surface area contributed by atoms with E-state index < -0.39 is 6.10 Å². The fourth-order valence-corrected chi connectivity index (χ4v) is 1.15. The lowest BCUT2D eigenvalue weighted by Gasteiger charge is -2.08. The Morgan fingerprint density at radius 1 is 1.82 bits per heavy atom. The highest BCUT2D eigenvalue weighted by atomic mass is 16.5. The lowest BCUT2D eigenvalue weighted by atomic mass is 10.0. The van der Waals surface area contributed by atoms with Gasteiger partial charge in [-0.3, -0.25) is 4.79 Å². The largest absolute Gasteiger partial charge is 0.465 e. The van der Waals surface area contributed by atoms with Gasteiger partial charge < -0.3 is 9.84 Å². The summed E-state index contributed by atoms with van der Waals surface area (Å²) in [6.07, 6.45) is 3.30. The molecule has 0 aliphatic carbocycles. The third-order valence-corrected chi connectivity index (χ3v) is 1.78. The van der Waals surface area contributed by atoms with E-state index in [1.165, 1.54) is 0 Å². The van der Waals surface area contributed by atoms with Crippen molar-refractivity contribution in [3.8, 4) is 0 Å². The zero-order valence-electron chi connectivity index (χ0n) is 6.49. The number of aliphatic hydroxyl groups excluding tert-OH is 1. The number of aliphatic hydroxyl groups is 1. The standard InChI is InChI=1S/C8H12O3/c1-2-3-7(9)6-4-5-11-8(6)10/h2-3,6-7,9H,4-5H2,1H3/b3-2+/t6-,7+/m0/s1. The van der Waals surface area contributed by atoms with E-state index in [0.717, 1.165) is 0 Å². The molecule has 1 rings (SSSR count). The maximum Gasteiger partial charge on any atom is 0.312 e. The Morgan fingerprint density at radius 3 is 3.00 bits per heavy atom. The average molecular weight is 156 g/mol. The van der Waals surface area contributed by atoms with Crippen LogP contribution in [0.5, 0.6) is 0 Å². The minimum Gasteiger partial charge on any atom is -0.465 e. The van der Waals surface area contributed by atoms with Crippen LogP contribution in [0, 0.1) is 5.92 Å². The minimum absolute atomic E-state index is 0.282. The van der Waals surface area contributed by atoms with Crippen molar-refractivity contribution in [2.75, 3.05) is 6.61 Å². The van der Waals surface area contributed by atoms with E-state index in [2.05, 4.69) is 0 Å². The topological polar surface area (TPSA) is 46.5 Å². The molecule has 3 nitrogen and oxygen atoms in total.